The molecule has 0 saturated heterocycles. The maximum Gasteiger partial charge on any atom is 0.336 e. The number of carboxylic acids is 2. The number of aliphatic carboxylic acids is 1. The molecule has 19 heavy (non-hydrogen) atoms. The van der Waals surface area contributed by atoms with E-state index in [1.165, 1.54) is 0 Å². The molecule has 0 fully saturated rings. The van der Waals surface area contributed by atoms with Crippen LogP contribution in [0.3, 0.4) is 0 Å². The molecule has 2 N–H and O–H groups in total. The first-order valence-corrected chi connectivity index (χ1v) is 5.99. The Labute approximate surface area is 111 Å². The van der Waals surface area contributed by atoms with Crippen molar-refractivity contribution in [1.29, 1.82) is 0 Å². The maximum atomic E-state index is 10.8. The molecule has 0 unspecified atom stereocenters. The van der Waals surface area contributed by atoms with Crippen molar-refractivity contribution in [2.45, 2.75) is 19.8 Å². The van der Waals surface area contributed by atoms with Gasteiger partial charge < -0.3 is 10.2 Å². The molecule has 0 aromatic heterocycles. The zero-order valence-electron chi connectivity index (χ0n) is 10.7. The second-order valence-corrected chi connectivity index (χ2v) is 3.98. The van der Waals surface area contributed by atoms with E-state index in [4.69, 9.17) is 10.2 Å². The molecular formula is C15H16O4. The van der Waals surface area contributed by atoms with Crippen LogP contribution in [0.25, 0.3) is 10.8 Å². The molecule has 0 amide bonds. The van der Waals surface area contributed by atoms with E-state index in [0.29, 0.717) is 12.0 Å². The first kappa shape index (κ1) is 14.7. The summed E-state index contributed by atoms with van der Waals surface area (Å²) < 4.78 is 0. The number of hydrogen-bond acceptors (Lipinski definition) is 2. The lowest BCUT2D eigenvalue weighted by atomic mass is 10.1. The van der Waals surface area contributed by atoms with Gasteiger partial charge in [-0.2, -0.15) is 0 Å². The highest BCUT2D eigenvalue weighted by Gasteiger charge is 2.05. The average Bonchev–Trinajstić information content (AvgIpc) is 2.38. The largest absolute Gasteiger partial charge is 0.481 e. The first-order chi connectivity index (χ1) is 9.06. The van der Waals surface area contributed by atoms with Crippen molar-refractivity contribution < 1.29 is 19.8 Å². The zero-order chi connectivity index (χ0) is 14.3. The number of hydrogen-bond donors (Lipinski definition) is 2. The summed E-state index contributed by atoms with van der Waals surface area (Å²) in [5.41, 5.74) is 0.359. The monoisotopic (exact) mass is 260 g/mol. The molecule has 0 heterocycles. The molecule has 0 bridgehead atoms. The molecule has 2 aromatic carbocycles. The third-order valence-corrected chi connectivity index (χ3v) is 2.48. The highest BCUT2D eigenvalue weighted by atomic mass is 16.4. The van der Waals surface area contributed by atoms with Gasteiger partial charge in [0.2, 0.25) is 0 Å². The van der Waals surface area contributed by atoms with Gasteiger partial charge in [-0.3, -0.25) is 4.79 Å². The summed E-state index contributed by atoms with van der Waals surface area (Å²) in [4.78, 5) is 20.4. The Kier molecular flexibility index (Phi) is 5.54. The second-order valence-electron chi connectivity index (χ2n) is 3.98. The van der Waals surface area contributed by atoms with Crippen molar-refractivity contribution in [2.24, 2.45) is 0 Å². The van der Waals surface area contributed by atoms with Gasteiger partial charge in [0.1, 0.15) is 0 Å². The molecule has 0 radical (unpaired) electrons. The summed E-state index contributed by atoms with van der Waals surface area (Å²) in [7, 11) is 0. The molecule has 4 nitrogen and oxygen atoms in total. The minimum atomic E-state index is -0.878. The van der Waals surface area contributed by atoms with Crippen LogP contribution in [0.2, 0.25) is 0 Å². The van der Waals surface area contributed by atoms with Crippen LogP contribution in [0.1, 0.15) is 30.1 Å². The second kappa shape index (κ2) is 7.16. The van der Waals surface area contributed by atoms with Crippen molar-refractivity contribution in [3.63, 3.8) is 0 Å². The van der Waals surface area contributed by atoms with E-state index in [0.717, 1.165) is 17.2 Å². The lowest BCUT2D eigenvalue weighted by Crippen LogP contribution is -1.96. The van der Waals surface area contributed by atoms with Gasteiger partial charge in [0, 0.05) is 6.42 Å². The Hall–Kier alpha value is -2.36. The summed E-state index contributed by atoms with van der Waals surface area (Å²) in [5, 5.41) is 18.5. The molecule has 0 saturated carbocycles. The van der Waals surface area contributed by atoms with E-state index < -0.39 is 11.9 Å². The topological polar surface area (TPSA) is 74.6 Å². The minimum absolute atomic E-state index is 0.292. The van der Waals surface area contributed by atoms with E-state index in [9.17, 15) is 9.59 Å². The van der Waals surface area contributed by atoms with Gasteiger partial charge in [-0.15, -0.1) is 0 Å². The average molecular weight is 260 g/mol. The lowest BCUT2D eigenvalue weighted by Gasteiger charge is -2.00. The van der Waals surface area contributed by atoms with Gasteiger partial charge in [0.25, 0.3) is 0 Å². The summed E-state index contributed by atoms with van der Waals surface area (Å²) >= 11 is 0. The van der Waals surface area contributed by atoms with Crippen LogP contribution in [-0.2, 0) is 4.79 Å². The maximum absolute atomic E-state index is 10.8. The highest BCUT2D eigenvalue weighted by molar-refractivity contribution is 6.03. The Bertz CT molecular complexity index is 570. The normalized spacial score (nSPS) is 9.53. The third-order valence-electron chi connectivity index (χ3n) is 2.48. The van der Waals surface area contributed by atoms with Crippen molar-refractivity contribution >= 4 is 22.7 Å². The molecule has 4 heteroatoms. The van der Waals surface area contributed by atoms with E-state index in [1.54, 1.807) is 12.1 Å². The quantitative estimate of drug-likeness (QED) is 0.886. The number of rotatable bonds is 3. The van der Waals surface area contributed by atoms with Gasteiger partial charge in [0.05, 0.1) is 5.56 Å². The van der Waals surface area contributed by atoms with Crippen molar-refractivity contribution in [2.75, 3.05) is 0 Å². The van der Waals surface area contributed by atoms with Crippen LogP contribution in [0.5, 0.6) is 0 Å². The number of carbonyl (C=O) groups is 2. The van der Waals surface area contributed by atoms with Crippen molar-refractivity contribution in [1.82, 2.24) is 0 Å². The Morgan fingerprint density at radius 1 is 1.00 bits per heavy atom. The van der Waals surface area contributed by atoms with Gasteiger partial charge in [-0.25, -0.2) is 4.79 Å². The summed E-state index contributed by atoms with van der Waals surface area (Å²) in [6.07, 6.45) is 1.02. The van der Waals surface area contributed by atoms with Gasteiger partial charge in [-0.1, -0.05) is 43.3 Å². The molecule has 100 valence electrons. The minimum Gasteiger partial charge on any atom is -0.481 e. The molecule has 0 aliphatic carbocycles. The number of aromatic carboxylic acids is 1. The van der Waals surface area contributed by atoms with Gasteiger partial charge in [-0.05, 0) is 23.3 Å². The number of fused-ring (bicyclic) bond motifs is 1. The Balaban J connectivity index is 0.000000258. The molecule has 2 rings (SSSR count). The molecular weight excluding hydrogens is 244 g/mol. The van der Waals surface area contributed by atoms with Crippen LogP contribution >= 0.6 is 0 Å². The van der Waals surface area contributed by atoms with E-state index in [1.807, 2.05) is 37.3 Å². The number of carboxylic acid groups (broad SMARTS) is 2. The fourth-order valence-electron chi connectivity index (χ4n) is 1.63. The Morgan fingerprint density at radius 3 is 2.16 bits per heavy atom. The third kappa shape index (κ3) is 4.43. The summed E-state index contributed by atoms with van der Waals surface area (Å²) in [5.74, 6) is -1.59. The highest BCUT2D eigenvalue weighted by Crippen LogP contribution is 2.17. The van der Waals surface area contributed by atoms with E-state index >= 15 is 0 Å². The van der Waals surface area contributed by atoms with Crippen LogP contribution in [0.4, 0.5) is 0 Å². The predicted molar refractivity (Wildman–Crippen MR) is 73.5 cm³/mol. The van der Waals surface area contributed by atoms with Gasteiger partial charge >= 0.3 is 11.9 Å². The van der Waals surface area contributed by atoms with Crippen LogP contribution in [0.15, 0.2) is 42.5 Å². The first-order valence-electron chi connectivity index (χ1n) is 5.99. The fraction of sp³-hybridized carbons (Fsp3) is 0.200. The van der Waals surface area contributed by atoms with Crippen LogP contribution in [-0.4, -0.2) is 22.2 Å². The van der Waals surface area contributed by atoms with Crippen molar-refractivity contribution in [3.8, 4) is 0 Å². The Morgan fingerprint density at radius 2 is 1.63 bits per heavy atom. The van der Waals surface area contributed by atoms with E-state index in [-0.39, 0.29) is 0 Å². The van der Waals surface area contributed by atoms with Crippen LogP contribution in [0, 0.1) is 0 Å². The van der Waals surface area contributed by atoms with E-state index in [2.05, 4.69) is 0 Å². The molecule has 2 aromatic rings. The fourth-order valence-corrected chi connectivity index (χ4v) is 1.63. The van der Waals surface area contributed by atoms with Gasteiger partial charge in [0.15, 0.2) is 0 Å². The lowest BCUT2D eigenvalue weighted by molar-refractivity contribution is -0.137. The smallest absolute Gasteiger partial charge is 0.336 e. The predicted octanol–water partition coefficient (Wildman–Crippen LogP) is 3.41. The summed E-state index contributed by atoms with van der Waals surface area (Å²) in [6.45, 7) is 1.84. The number of benzene rings is 2. The molecule has 0 atom stereocenters. The molecule has 0 aliphatic heterocycles. The van der Waals surface area contributed by atoms with Crippen LogP contribution < -0.4 is 0 Å². The SMILES string of the molecule is CCCC(=O)O.O=C(O)c1cccc2ccccc12. The molecule has 0 spiro atoms. The standard InChI is InChI=1S/C11H8O2.C4H8O2/c12-11(13)10-7-3-5-8-4-1-2-6-9(8)10;1-2-3-4(5)6/h1-7H,(H,12,13);2-3H2,1H3,(H,5,6). The summed E-state index contributed by atoms with van der Waals surface area (Å²) in [6, 6.07) is 12.7. The molecule has 0 aliphatic rings. The zero-order valence-corrected chi connectivity index (χ0v) is 10.7. The van der Waals surface area contributed by atoms with Crippen molar-refractivity contribution in [3.05, 3.63) is 48.0 Å².